The van der Waals surface area contributed by atoms with Crippen molar-refractivity contribution in [3.8, 4) is 0 Å². The summed E-state index contributed by atoms with van der Waals surface area (Å²) in [6.45, 7) is 12.8. The second-order valence-electron chi connectivity index (χ2n) is 9.00. The number of ether oxygens (including phenoxy) is 1. The van der Waals surface area contributed by atoms with Crippen molar-refractivity contribution in [2.45, 2.75) is 66.6 Å². The summed E-state index contributed by atoms with van der Waals surface area (Å²) >= 11 is 0. The molecule has 4 nitrogen and oxygen atoms in total. The predicted molar refractivity (Wildman–Crippen MR) is 138 cm³/mol. The fraction of sp³-hybridized carbons (Fsp3) is 0.481. The van der Waals surface area contributed by atoms with Crippen molar-refractivity contribution >= 4 is 24.8 Å². The Morgan fingerprint density at radius 3 is 2.09 bits per heavy atom. The van der Waals surface area contributed by atoms with Crippen LogP contribution in [0.25, 0.3) is 0 Å². The van der Waals surface area contributed by atoms with Gasteiger partial charge in [-0.25, -0.2) is 0 Å². The van der Waals surface area contributed by atoms with Crippen molar-refractivity contribution in [2.24, 2.45) is 0 Å². The minimum absolute atomic E-state index is 0.0631. The van der Waals surface area contributed by atoms with E-state index >= 15 is 0 Å². The normalized spacial score (nSPS) is 12.8. The molecule has 0 aliphatic rings. The first-order valence-corrected chi connectivity index (χ1v) is 14.5. The van der Waals surface area contributed by atoms with Crippen LogP contribution in [0.4, 0.5) is 5.69 Å². The Balaban J connectivity index is 2.21. The van der Waals surface area contributed by atoms with Crippen LogP contribution < -0.4 is 5.32 Å². The third-order valence-electron chi connectivity index (χ3n) is 6.71. The average Bonchev–Trinajstić information content (AvgIpc) is 2.77. The number of carbonyl (C=O) groups is 2. The van der Waals surface area contributed by atoms with Gasteiger partial charge in [0.05, 0.1) is 0 Å². The van der Waals surface area contributed by atoms with Crippen molar-refractivity contribution in [1.29, 1.82) is 0 Å². The number of benzene rings is 2. The van der Waals surface area contributed by atoms with Crippen LogP contribution in [0.1, 0.15) is 55.9 Å². The van der Waals surface area contributed by atoms with E-state index in [-0.39, 0.29) is 24.1 Å². The molecule has 0 saturated heterocycles. The third kappa shape index (κ3) is 6.65. The van der Waals surface area contributed by atoms with Crippen LogP contribution in [0.15, 0.2) is 42.5 Å². The number of aryl methyl sites for hydroxylation is 3. The molecule has 0 aliphatic carbocycles. The van der Waals surface area contributed by atoms with Gasteiger partial charge in [0.1, 0.15) is 0 Å². The molecule has 0 aromatic heterocycles. The Morgan fingerprint density at radius 1 is 0.969 bits per heavy atom. The fourth-order valence-electron chi connectivity index (χ4n) is 4.78. The molecule has 0 radical (unpaired) electrons. The molecule has 1 amide bonds. The van der Waals surface area contributed by atoms with E-state index in [1.807, 2.05) is 44.2 Å². The first-order valence-electron chi connectivity index (χ1n) is 11.8. The Labute approximate surface area is 194 Å². The number of rotatable bonds is 11. The molecule has 32 heavy (non-hydrogen) atoms. The Bertz CT molecular complexity index is 883. The van der Waals surface area contributed by atoms with Crippen LogP contribution >= 0.6 is 7.26 Å². The number of hydrogen-bond acceptors (Lipinski definition) is 3. The number of amides is 1. The Hall–Kier alpha value is -2.19. The number of nitrogens with one attached hydrogen (secondary N) is 1. The van der Waals surface area contributed by atoms with Crippen LogP contribution in [-0.2, 0) is 20.9 Å². The Morgan fingerprint density at radius 2 is 1.56 bits per heavy atom. The zero-order valence-corrected chi connectivity index (χ0v) is 21.6. The summed E-state index contributed by atoms with van der Waals surface area (Å²) in [5.41, 5.74) is 5.11. The van der Waals surface area contributed by atoms with Crippen molar-refractivity contribution in [3.05, 3.63) is 64.7 Å². The van der Waals surface area contributed by atoms with Crippen molar-refractivity contribution in [2.75, 3.05) is 23.8 Å². The molecule has 2 aromatic rings. The molecule has 176 valence electrons. The summed E-state index contributed by atoms with van der Waals surface area (Å²) in [7, 11) is -2.24. The van der Waals surface area contributed by atoms with Gasteiger partial charge >= 0.3 is 194 Å². The van der Waals surface area contributed by atoms with Crippen LogP contribution in [-0.4, -0.2) is 36.0 Å². The molecule has 0 saturated carbocycles. The summed E-state index contributed by atoms with van der Waals surface area (Å²) in [4.78, 5) is 26.5. The number of carbonyl (C=O) groups excluding carboxylic acids is 2. The molecule has 1 N–H and O–H groups in total. The van der Waals surface area contributed by atoms with Crippen molar-refractivity contribution < 1.29 is 14.3 Å². The van der Waals surface area contributed by atoms with Crippen molar-refractivity contribution in [3.63, 3.8) is 0 Å². The second kappa shape index (κ2) is 12.2. The van der Waals surface area contributed by atoms with Gasteiger partial charge in [0.15, 0.2) is 0 Å². The first kappa shape index (κ1) is 26.1. The SMILES string of the molecule is CCCC(C(=O)Nc1c(C)cc(C)cc1C)[PH](CC)(CC)CC(=O)OCc1ccccc1. The summed E-state index contributed by atoms with van der Waals surface area (Å²) in [5.74, 6) is -0.117. The molecular weight excluding hydrogens is 417 g/mol. The molecule has 5 heteroatoms. The van der Waals surface area contributed by atoms with Gasteiger partial charge in [0.2, 0.25) is 0 Å². The Kier molecular flexibility index (Phi) is 9.90. The molecule has 0 bridgehead atoms. The standard InChI is InChI=1S/C27H40NO3P/c1-7-13-24(27(30)28-26-21(5)16-20(4)17-22(26)6)32(8-2,9-3)19-25(29)31-18-23-14-11-10-12-15-23/h10-12,14-17,24,32H,7-9,13,18-19H2,1-6H3,(H,28,30). The molecule has 0 aliphatic heterocycles. The summed E-state index contributed by atoms with van der Waals surface area (Å²) in [6, 6.07) is 13.9. The topological polar surface area (TPSA) is 55.4 Å². The average molecular weight is 458 g/mol. The van der Waals surface area contributed by atoms with Gasteiger partial charge in [-0.2, -0.15) is 0 Å². The van der Waals surface area contributed by atoms with Gasteiger partial charge in [-0.3, -0.25) is 0 Å². The number of esters is 1. The molecule has 2 aromatic carbocycles. The fourth-order valence-corrected chi connectivity index (χ4v) is 9.22. The molecule has 1 atom stereocenters. The van der Waals surface area contributed by atoms with Crippen LogP contribution in [0.5, 0.6) is 0 Å². The monoisotopic (exact) mass is 457 g/mol. The predicted octanol–water partition coefficient (Wildman–Crippen LogP) is 6.25. The van der Waals surface area contributed by atoms with Crippen LogP contribution in [0, 0.1) is 20.8 Å². The van der Waals surface area contributed by atoms with Crippen molar-refractivity contribution in [1.82, 2.24) is 0 Å². The van der Waals surface area contributed by atoms with Gasteiger partial charge in [-0.15, -0.1) is 0 Å². The van der Waals surface area contributed by atoms with Gasteiger partial charge in [0.25, 0.3) is 0 Å². The molecular formula is C27H40NO3P. The van der Waals surface area contributed by atoms with Crippen LogP contribution in [0.3, 0.4) is 0 Å². The van der Waals surface area contributed by atoms with Gasteiger partial charge in [-0.1, -0.05) is 0 Å². The van der Waals surface area contributed by atoms with E-state index in [0.717, 1.165) is 47.5 Å². The van der Waals surface area contributed by atoms with Crippen LogP contribution in [0.2, 0.25) is 0 Å². The molecule has 0 fully saturated rings. The molecule has 1 unspecified atom stereocenters. The summed E-state index contributed by atoms with van der Waals surface area (Å²) in [6.07, 6.45) is 3.87. The maximum atomic E-state index is 13.6. The van der Waals surface area contributed by atoms with E-state index in [9.17, 15) is 9.59 Å². The van der Waals surface area contributed by atoms with E-state index < -0.39 is 7.26 Å². The molecule has 0 heterocycles. The zero-order valence-electron chi connectivity index (χ0n) is 20.6. The maximum absolute atomic E-state index is 13.6. The minimum atomic E-state index is -2.24. The quantitative estimate of drug-likeness (QED) is 0.320. The van der Waals surface area contributed by atoms with E-state index in [0.29, 0.717) is 6.16 Å². The van der Waals surface area contributed by atoms with E-state index in [4.69, 9.17) is 4.74 Å². The molecule has 2 rings (SSSR count). The number of hydrogen-bond donors (Lipinski definition) is 1. The van der Waals surface area contributed by atoms with Gasteiger partial charge in [-0.05, 0) is 0 Å². The number of anilines is 1. The van der Waals surface area contributed by atoms with E-state index in [2.05, 4.69) is 45.1 Å². The van der Waals surface area contributed by atoms with Gasteiger partial charge in [0, 0.05) is 0 Å². The summed E-state index contributed by atoms with van der Waals surface area (Å²) < 4.78 is 5.63. The third-order valence-corrected chi connectivity index (χ3v) is 12.5. The van der Waals surface area contributed by atoms with Gasteiger partial charge < -0.3 is 0 Å². The molecule has 0 spiro atoms. The van der Waals surface area contributed by atoms with E-state index in [1.165, 1.54) is 5.56 Å². The second-order valence-corrected chi connectivity index (χ2v) is 14.2. The van der Waals surface area contributed by atoms with E-state index in [1.54, 1.807) is 0 Å². The summed E-state index contributed by atoms with van der Waals surface area (Å²) in [5, 5.41) is 3.24. The first-order chi connectivity index (χ1) is 15.3. The zero-order chi connectivity index (χ0) is 23.7.